The van der Waals surface area contributed by atoms with E-state index in [0.29, 0.717) is 30.7 Å². The highest BCUT2D eigenvalue weighted by atomic mass is 16.5. The molecule has 1 aliphatic carbocycles. The third kappa shape index (κ3) is 3.94. The highest BCUT2D eigenvalue weighted by molar-refractivity contribution is 5.34. The van der Waals surface area contributed by atoms with Crippen molar-refractivity contribution in [2.24, 2.45) is 11.8 Å². The number of ether oxygens (including phenoxy) is 2. The van der Waals surface area contributed by atoms with E-state index in [1.54, 1.807) is 6.20 Å². The predicted octanol–water partition coefficient (Wildman–Crippen LogP) is 2.79. The minimum Gasteiger partial charge on any atom is -0.478 e. The van der Waals surface area contributed by atoms with Gasteiger partial charge in [0.1, 0.15) is 5.60 Å². The molecule has 1 N–H and O–H groups in total. The summed E-state index contributed by atoms with van der Waals surface area (Å²) in [5.74, 6) is 0.697. The molecule has 1 aliphatic heterocycles. The molecular weight excluding hydrogens is 368 g/mol. The number of likely N-dealkylation sites (tertiary alicyclic amines) is 1. The smallest absolute Gasteiger partial charge is 0.319 e. The molecule has 0 spiro atoms. The van der Waals surface area contributed by atoms with Gasteiger partial charge in [-0.05, 0) is 44.4 Å². The van der Waals surface area contributed by atoms with Crippen molar-refractivity contribution in [1.29, 1.82) is 0 Å². The molecule has 0 radical (unpaired) electrons. The molecule has 2 bridgehead atoms. The average Bonchev–Trinajstić information content (AvgIpc) is 2.70. The van der Waals surface area contributed by atoms with Crippen molar-refractivity contribution < 1.29 is 14.6 Å². The molecule has 7 heteroatoms. The lowest BCUT2D eigenvalue weighted by Crippen LogP contribution is -2.58. The van der Waals surface area contributed by atoms with Gasteiger partial charge >= 0.3 is 6.01 Å². The van der Waals surface area contributed by atoms with E-state index in [2.05, 4.69) is 32.0 Å². The Balaban J connectivity index is 1.62. The Hall–Kier alpha value is -2.25. The summed E-state index contributed by atoms with van der Waals surface area (Å²) in [4.78, 5) is 15.4. The number of fused-ring (bicyclic) bond motifs is 2. The number of rotatable bonds is 7. The van der Waals surface area contributed by atoms with Crippen LogP contribution in [-0.4, -0.2) is 51.3 Å². The molecule has 2 atom stereocenters. The molecule has 4 rings (SSSR count). The second-order valence-corrected chi connectivity index (χ2v) is 7.94. The largest absolute Gasteiger partial charge is 0.478 e. The summed E-state index contributed by atoms with van der Waals surface area (Å²) >= 11 is 0. The van der Waals surface area contributed by atoms with Gasteiger partial charge in [-0.2, -0.15) is 4.98 Å². The standard InChI is InChI=1S/C22H30N4O3/c1-3-28-20-19(12-24-21(25-20)29-4-2)22(27)17-6-5-7-18(22)15-26(14-17)13-16-8-10-23-11-9-16/h8-12,17-18,27H,3-7,13-15H2,1-2H3/t17-,18-/m1/s1. The van der Waals surface area contributed by atoms with Crippen LogP contribution in [0.4, 0.5) is 0 Å². The van der Waals surface area contributed by atoms with Gasteiger partial charge in [0, 0.05) is 50.1 Å². The van der Waals surface area contributed by atoms with Gasteiger partial charge < -0.3 is 14.6 Å². The van der Waals surface area contributed by atoms with E-state index in [-0.39, 0.29) is 11.8 Å². The summed E-state index contributed by atoms with van der Waals surface area (Å²) in [6, 6.07) is 4.41. The molecule has 0 aromatic carbocycles. The lowest BCUT2D eigenvalue weighted by Gasteiger charge is -2.53. The van der Waals surface area contributed by atoms with Crippen LogP contribution in [0, 0.1) is 11.8 Å². The molecule has 156 valence electrons. The highest BCUT2D eigenvalue weighted by Crippen LogP contribution is 2.51. The minimum atomic E-state index is -0.970. The third-order valence-electron chi connectivity index (χ3n) is 6.18. The van der Waals surface area contributed by atoms with Crippen molar-refractivity contribution in [2.75, 3.05) is 26.3 Å². The van der Waals surface area contributed by atoms with Crippen LogP contribution in [0.3, 0.4) is 0 Å². The Kier molecular flexibility index (Phi) is 5.96. The second-order valence-electron chi connectivity index (χ2n) is 7.94. The number of hydrogen-bond donors (Lipinski definition) is 1. The van der Waals surface area contributed by atoms with Crippen molar-refractivity contribution in [1.82, 2.24) is 19.9 Å². The van der Waals surface area contributed by atoms with E-state index in [1.807, 2.05) is 26.2 Å². The first-order chi connectivity index (χ1) is 14.1. The summed E-state index contributed by atoms with van der Waals surface area (Å²) in [7, 11) is 0. The molecule has 2 fully saturated rings. The lowest BCUT2D eigenvalue weighted by molar-refractivity contribution is -0.150. The monoisotopic (exact) mass is 398 g/mol. The van der Waals surface area contributed by atoms with E-state index in [0.717, 1.165) is 38.9 Å². The van der Waals surface area contributed by atoms with E-state index >= 15 is 0 Å². The van der Waals surface area contributed by atoms with Crippen molar-refractivity contribution >= 4 is 0 Å². The summed E-state index contributed by atoms with van der Waals surface area (Å²) < 4.78 is 11.3. The average molecular weight is 399 g/mol. The second kappa shape index (κ2) is 8.63. The van der Waals surface area contributed by atoms with E-state index in [1.165, 1.54) is 5.56 Å². The van der Waals surface area contributed by atoms with Gasteiger partial charge in [-0.15, -0.1) is 0 Å². The van der Waals surface area contributed by atoms with Crippen LogP contribution >= 0.6 is 0 Å². The lowest BCUT2D eigenvalue weighted by atomic mass is 9.63. The highest BCUT2D eigenvalue weighted by Gasteiger charge is 2.53. The maximum Gasteiger partial charge on any atom is 0.319 e. The molecule has 0 unspecified atom stereocenters. The number of hydrogen-bond acceptors (Lipinski definition) is 7. The zero-order valence-electron chi connectivity index (χ0n) is 17.3. The molecule has 2 aliphatic rings. The number of nitrogens with zero attached hydrogens (tertiary/aromatic N) is 4. The Labute approximate surface area is 172 Å². The molecule has 1 saturated heterocycles. The first-order valence-corrected chi connectivity index (χ1v) is 10.6. The molecule has 0 amide bonds. The molecular formula is C22H30N4O3. The van der Waals surface area contributed by atoms with Gasteiger partial charge in [-0.1, -0.05) is 6.42 Å². The number of aliphatic hydroxyl groups is 1. The Bertz CT molecular complexity index is 803. The van der Waals surface area contributed by atoms with Crippen molar-refractivity contribution in [3.63, 3.8) is 0 Å². The van der Waals surface area contributed by atoms with E-state index in [9.17, 15) is 5.11 Å². The van der Waals surface area contributed by atoms with Crippen LogP contribution in [-0.2, 0) is 12.1 Å². The number of piperidine rings is 1. The van der Waals surface area contributed by atoms with Crippen LogP contribution in [0.15, 0.2) is 30.7 Å². The molecule has 1 saturated carbocycles. The van der Waals surface area contributed by atoms with Crippen molar-refractivity contribution in [3.05, 3.63) is 41.9 Å². The van der Waals surface area contributed by atoms with E-state index < -0.39 is 5.60 Å². The van der Waals surface area contributed by atoms with Crippen molar-refractivity contribution in [3.8, 4) is 11.9 Å². The Morgan fingerprint density at radius 3 is 2.45 bits per heavy atom. The topological polar surface area (TPSA) is 80.6 Å². The van der Waals surface area contributed by atoms with Crippen LogP contribution in [0.1, 0.15) is 44.2 Å². The van der Waals surface area contributed by atoms with Crippen LogP contribution in [0.2, 0.25) is 0 Å². The third-order valence-corrected chi connectivity index (χ3v) is 6.18. The normalized spacial score (nSPS) is 26.9. The van der Waals surface area contributed by atoms with Gasteiger partial charge in [0.15, 0.2) is 0 Å². The maximum atomic E-state index is 12.0. The SMILES string of the molecule is CCOc1ncc(C2(O)[C@@H]3CCC[C@@H]2CN(Cc2ccncc2)C3)c(OCC)n1. The van der Waals surface area contributed by atoms with Gasteiger partial charge in [0.25, 0.3) is 0 Å². The van der Waals surface area contributed by atoms with Gasteiger partial charge in [0.2, 0.25) is 5.88 Å². The summed E-state index contributed by atoms with van der Waals surface area (Å²) in [6.45, 7) is 7.36. The van der Waals surface area contributed by atoms with Crippen LogP contribution in [0.5, 0.6) is 11.9 Å². The molecule has 3 heterocycles. The first kappa shape index (κ1) is 20.0. The molecule has 7 nitrogen and oxygen atoms in total. The first-order valence-electron chi connectivity index (χ1n) is 10.6. The van der Waals surface area contributed by atoms with Crippen molar-refractivity contribution in [2.45, 2.75) is 45.3 Å². The zero-order chi connectivity index (χ0) is 20.3. The van der Waals surface area contributed by atoms with Gasteiger partial charge in [-0.25, -0.2) is 4.98 Å². The summed E-state index contributed by atoms with van der Waals surface area (Å²) in [5, 5.41) is 12.0. The molecule has 2 aromatic heterocycles. The summed E-state index contributed by atoms with van der Waals surface area (Å²) in [5.41, 5.74) is 0.992. The Morgan fingerprint density at radius 1 is 1.10 bits per heavy atom. The number of aromatic nitrogens is 3. The fourth-order valence-electron chi connectivity index (χ4n) is 4.93. The maximum absolute atomic E-state index is 12.0. The molecule has 2 aromatic rings. The predicted molar refractivity (Wildman–Crippen MR) is 109 cm³/mol. The Morgan fingerprint density at radius 2 is 1.79 bits per heavy atom. The van der Waals surface area contributed by atoms with Gasteiger partial charge in [0.05, 0.1) is 18.8 Å². The van der Waals surface area contributed by atoms with Crippen LogP contribution < -0.4 is 9.47 Å². The van der Waals surface area contributed by atoms with Crippen LogP contribution in [0.25, 0.3) is 0 Å². The van der Waals surface area contributed by atoms with E-state index in [4.69, 9.17) is 9.47 Å². The number of pyridine rings is 1. The fourth-order valence-corrected chi connectivity index (χ4v) is 4.93. The molecule has 29 heavy (non-hydrogen) atoms. The minimum absolute atomic E-state index is 0.123. The fraction of sp³-hybridized carbons (Fsp3) is 0.591. The van der Waals surface area contributed by atoms with Gasteiger partial charge in [-0.3, -0.25) is 9.88 Å². The quantitative estimate of drug-likeness (QED) is 0.768. The zero-order valence-corrected chi connectivity index (χ0v) is 17.3. The summed E-state index contributed by atoms with van der Waals surface area (Å²) in [6.07, 6.45) is 8.50.